The lowest BCUT2D eigenvalue weighted by atomic mass is 9.84. The molecular weight excluding hydrogens is 270 g/mol. The molecule has 1 aromatic carbocycles. The number of benzene rings is 1. The van der Waals surface area contributed by atoms with E-state index < -0.39 is 11.7 Å². The fourth-order valence-corrected chi connectivity index (χ4v) is 3.99. The molecule has 1 saturated carbocycles. The second-order valence-corrected chi connectivity index (χ2v) is 6.58. The number of rotatable bonds is 1. The second kappa shape index (κ2) is 5.80. The van der Waals surface area contributed by atoms with E-state index in [9.17, 15) is 10.2 Å². The van der Waals surface area contributed by atoms with Gasteiger partial charge in [-0.1, -0.05) is 50.3 Å². The van der Waals surface area contributed by atoms with Crippen LogP contribution in [0, 0.1) is 0 Å². The van der Waals surface area contributed by atoms with E-state index in [2.05, 4.69) is 4.37 Å². The van der Waals surface area contributed by atoms with E-state index in [1.54, 1.807) is 0 Å². The van der Waals surface area contributed by atoms with Gasteiger partial charge in [-0.25, -0.2) is 0 Å². The first kappa shape index (κ1) is 14.0. The maximum atomic E-state index is 11.1. The highest BCUT2D eigenvalue weighted by molar-refractivity contribution is 7.13. The summed E-state index contributed by atoms with van der Waals surface area (Å²) < 4.78 is 5.55. The summed E-state index contributed by atoms with van der Waals surface area (Å²) in [6, 6.07) is 7.95. The Bertz CT molecular complexity index is 583. The maximum absolute atomic E-state index is 11.1. The third kappa shape index (κ3) is 2.48. The van der Waals surface area contributed by atoms with Crippen LogP contribution < -0.4 is 0 Å². The van der Waals surface area contributed by atoms with Crippen molar-refractivity contribution in [3.05, 3.63) is 30.0 Å². The van der Waals surface area contributed by atoms with Crippen molar-refractivity contribution in [3.8, 4) is 0 Å². The molecule has 1 aromatic heterocycles. The molecule has 1 aliphatic rings. The molecule has 20 heavy (non-hydrogen) atoms. The average molecular weight is 291 g/mol. The summed E-state index contributed by atoms with van der Waals surface area (Å²) in [4.78, 5) is 0. The topological polar surface area (TPSA) is 53.4 Å². The van der Waals surface area contributed by atoms with Gasteiger partial charge in [-0.05, 0) is 30.4 Å². The molecule has 1 unspecified atom stereocenters. The molecule has 0 radical (unpaired) electrons. The van der Waals surface area contributed by atoms with Crippen LogP contribution in [0.4, 0.5) is 0 Å². The predicted molar refractivity (Wildman–Crippen MR) is 81.8 cm³/mol. The molecule has 1 aliphatic carbocycles. The lowest BCUT2D eigenvalue weighted by Gasteiger charge is -2.31. The molecular formula is C16H21NO2S. The molecule has 4 heteroatoms. The van der Waals surface area contributed by atoms with Gasteiger partial charge in [0.25, 0.3) is 0 Å². The molecule has 2 atom stereocenters. The Morgan fingerprint density at radius 3 is 2.75 bits per heavy atom. The molecule has 1 heterocycles. The largest absolute Gasteiger partial charge is 0.390 e. The lowest BCUT2D eigenvalue weighted by molar-refractivity contribution is -0.0913. The number of aliphatic hydroxyl groups is 2. The van der Waals surface area contributed by atoms with Gasteiger partial charge < -0.3 is 10.2 Å². The lowest BCUT2D eigenvalue weighted by Crippen LogP contribution is -2.40. The van der Waals surface area contributed by atoms with E-state index in [0.29, 0.717) is 18.5 Å². The highest BCUT2D eigenvalue weighted by Crippen LogP contribution is 2.39. The van der Waals surface area contributed by atoms with Crippen molar-refractivity contribution in [2.45, 2.75) is 56.7 Å². The van der Waals surface area contributed by atoms with E-state index in [1.807, 2.05) is 24.3 Å². The van der Waals surface area contributed by atoms with Gasteiger partial charge in [-0.15, -0.1) is 0 Å². The normalized spacial score (nSPS) is 28.8. The smallest absolute Gasteiger partial charge is 0.134 e. The molecule has 0 saturated heterocycles. The van der Waals surface area contributed by atoms with Gasteiger partial charge in [-0.3, -0.25) is 0 Å². The van der Waals surface area contributed by atoms with E-state index in [-0.39, 0.29) is 0 Å². The van der Waals surface area contributed by atoms with Crippen LogP contribution in [0.5, 0.6) is 0 Å². The standard InChI is InChI=1S/C16H21NO2S/c18-14-10-4-2-1-3-7-11-16(14,19)15-12-8-5-6-9-13(12)20-17-15/h5-6,8-9,14,18-19H,1-4,7,10-11H2/t14?,16-/m1/s1. The van der Waals surface area contributed by atoms with Gasteiger partial charge >= 0.3 is 0 Å². The summed E-state index contributed by atoms with van der Waals surface area (Å²) in [5, 5.41) is 22.6. The van der Waals surface area contributed by atoms with E-state index in [1.165, 1.54) is 18.0 Å². The van der Waals surface area contributed by atoms with Crippen molar-refractivity contribution in [1.29, 1.82) is 0 Å². The van der Waals surface area contributed by atoms with Crippen molar-refractivity contribution in [3.63, 3.8) is 0 Å². The van der Waals surface area contributed by atoms with Crippen molar-refractivity contribution < 1.29 is 10.2 Å². The zero-order chi connectivity index (χ0) is 14.0. The molecule has 1 fully saturated rings. The van der Waals surface area contributed by atoms with Gasteiger partial charge in [0.15, 0.2) is 0 Å². The third-order valence-corrected chi connectivity index (χ3v) is 5.20. The zero-order valence-corrected chi connectivity index (χ0v) is 12.4. The number of hydrogen-bond donors (Lipinski definition) is 2. The van der Waals surface area contributed by atoms with Gasteiger partial charge in [-0.2, -0.15) is 4.37 Å². The third-order valence-electron chi connectivity index (χ3n) is 4.37. The fraction of sp³-hybridized carbons (Fsp3) is 0.562. The first-order valence-electron chi connectivity index (χ1n) is 7.47. The fourth-order valence-electron chi connectivity index (χ4n) is 3.14. The second-order valence-electron chi connectivity index (χ2n) is 5.77. The summed E-state index contributed by atoms with van der Waals surface area (Å²) in [7, 11) is 0. The Morgan fingerprint density at radius 1 is 1.10 bits per heavy atom. The number of nitrogens with zero attached hydrogens (tertiary/aromatic N) is 1. The van der Waals surface area contributed by atoms with Crippen molar-refractivity contribution >= 4 is 21.6 Å². The van der Waals surface area contributed by atoms with E-state index >= 15 is 0 Å². The van der Waals surface area contributed by atoms with Crippen LogP contribution in [0.15, 0.2) is 24.3 Å². The minimum Gasteiger partial charge on any atom is -0.390 e. The summed E-state index contributed by atoms with van der Waals surface area (Å²) in [5.74, 6) is 0. The number of fused-ring (bicyclic) bond motifs is 1. The monoisotopic (exact) mass is 291 g/mol. The number of hydrogen-bond acceptors (Lipinski definition) is 4. The quantitative estimate of drug-likeness (QED) is 0.844. The van der Waals surface area contributed by atoms with Crippen LogP contribution in [-0.4, -0.2) is 20.7 Å². The van der Waals surface area contributed by atoms with Crippen molar-refractivity contribution in [1.82, 2.24) is 4.37 Å². The van der Waals surface area contributed by atoms with Crippen LogP contribution in [0.2, 0.25) is 0 Å². The highest BCUT2D eigenvalue weighted by Gasteiger charge is 2.40. The highest BCUT2D eigenvalue weighted by atomic mass is 32.1. The Morgan fingerprint density at radius 2 is 1.85 bits per heavy atom. The Labute approximate surface area is 123 Å². The zero-order valence-electron chi connectivity index (χ0n) is 11.6. The van der Waals surface area contributed by atoms with Gasteiger partial charge in [0, 0.05) is 5.39 Å². The Balaban J connectivity index is 2.02. The molecule has 0 aliphatic heterocycles. The van der Waals surface area contributed by atoms with Crippen LogP contribution in [0.1, 0.15) is 50.6 Å². The van der Waals surface area contributed by atoms with Gasteiger partial charge in [0.05, 0.1) is 16.5 Å². The minimum atomic E-state index is -1.19. The van der Waals surface area contributed by atoms with Crippen LogP contribution >= 0.6 is 11.5 Å². The van der Waals surface area contributed by atoms with Gasteiger partial charge in [0.1, 0.15) is 5.60 Å². The molecule has 2 N–H and O–H groups in total. The number of aromatic nitrogens is 1. The van der Waals surface area contributed by atoms with Crippen LogP contribution in [-0.2, 0) is 5.60 Å². The summed E-state index contributed by atoms with van der Waals surface area (Å²) in [6.45, 7) is 0. The molecule has 2 aromatic rings. The first-order chi connectivity index (χ1) is 9.72. The van der Waals surface area contributed by atoms with Crippen LogP contribution in [0.3, 0.4) is 0 Å². The van der Waals surface area contributed by atoms with Crippen molar-refractivity contribution in [2.75, 3.05) is 0 Å². The molecule has 3 rings (SSSR count). The van der Waals surface area contributed by atoms with Crippen LogP contribution in [0.25, 0.3) is 10.1 Å². The molecule has 3 nitrogen and oxygen atoms in total. The molecule has 0 amide bonds. The van der Waals surface area contributed by atoms with E-state index in [0.717, 1.165) is 35.8 Å². The summed E-state index contributed by atoms with van der Waals surface area (Å²) >= 11 is 1.40. The SMILES string of the molecule is OC1CCCCCCC[C@]1(O)c1nsc2ccccc12. The Kier molecular flexibility index (Phi) is 4.06. The van der Waals surface area contributed by atoms with E-state index in [4.69, 9.17) is 0 Å². The molecule has 108 valence electrons. The minimum absolute atomic E-state index is 0.599. The Hall–Kier alpha value is -0.970. The molecule has 0 spiro atoms. The summed E-state index contributed by atoms with van der Waals surface area (Å²) in [6.07, 6.45) is 5.92. The summed E-state index contributed by atoms with van der Waals surface area (Å²) in [5.41, 5.74) is -0.517. The maximum Gasteiger partial charge on any atom is 0.134 e. The first-order valence-corrected chi connectivity index (χ1v) is 8.24. The number of aliphatic hydroxyl groups excluding tert-OH is 1. The van der Waals surface area contributed by atoms with Crippen molar-refractivity contribution in [2.24, 2.45) is 0 Å². The van der Waals surface area contributed by atoms with Gasteiger partial charge in [0.2, 0.25) is 0 Å². The molecule has 0 bridgehead atoms. The predicted octanol–water partition coefficient (Wildman–Crippen LogP) is 3.59. The average Bonchev–Trinajstić information content (AvgIpc) is 2.91.